The molecule has 2 atom stereocenters. The van der Waals surface area contributed by atoms with Crippen LogP contribution >= 0.6 is 0 Å². The van der Waals surface area contributed by atoms with Gasteiger partial charge in [-0.25, -0.2) is 0 Å². The van der Waals surface area contributed by atoms with E-state index < -0.39 is 17.7 Å². The van der Waals surface area contributed by atoms with E-state index in [0.717, 1.165) is 38.5 Å². The highest BCUT2D eigenvalue weighted by atomic mass is 16.5. The Labute approximate surface area is 177 Å². The van der Waals surface area contributed by atoms with Gasteiger partial charge in [-0.15, -0.1) is 0 Å². The van der Waals surface area contributed by atoms with Crippen molar-refractivity contribution in [2.75, 3.05) is 19.7 Å². The summed E-state index contributed by atoms with van der Waals surface area (Å²) < 4.78 is 5.45. The van der Waals surface area contributed by atoms with Crippen LogP contribution in [0.4, 0.5) is 0 Å². The van der Waals surface area contributed by atoms with Crippen molar-refractivity contribution in [3.63, 3.8) is 0 Å². The van der Waals surface area contributed by atoms with E-state index in [4.69, 9.17) is 4.74 Å². The standard InChI is InChI=1S/C21H34N4O5/c26-17(24-15-7-2-5-12-22-18(15)27)9-13-23-20(29)21(10-3-1-4-11-21)25-19(28)16-8-6-14-30-16/h15-16H,1-14H2,(H,22,27)(H,23,29)(H,24,26)(H,25,28)/t15-,16?/m0/s1. The van der Waals surface area contributed by atoms with E-state index in [2.05, 4.69) is 21.3 Å². The zero-order chi connectivity index (χ0) is 21.4. The van der Waals surface area contributed by atoms with E-state index >= 15 is 0 Å². The summed E-state index contributed by atoms with van der Waals surface area (Å²) in [6.07, 6.45) is 7.52. The predicted octanol–water partition coefficient (Wildman–Crippen LogP) is 0.276. The minimum Gasteiger partial charge on any atom is -0.368 e. The summed E-state index contributed by atoms with van der Waals surface area (Å²) in [5.74, 6) is -0.878. The summed E-state index contributed by atoms with van der Waals surface area (Å²) in [5.41, 5.74) is -0.932. The molecule has 2 heterocycles. The van der Waals surface area contributed by atoms with Crippen molar-refractivity contribution in [2.45, 2.75) is 88.3 Å². The maximum atomic E-state index is 13.0. The van der Waals surface area contributed by atoms with Crippen molar-refractivity contribution >= 4 is 23.6 Å². The summed E-state index contributed by atoms with van der Waals surface area (Å²) in [6, 6.07) is -0.508. The Kier molecular flexibility index (Phi) is 8.07. The van der Waals surface area contributed by atoms with Crippen molar-refractivity contribution in [2.24, 2.45) is 0 Å². The first kappa shape index (κ1) is 22.5. The zero-order valence-corrected chi connectivity index (χ0v) is 17.6. The first-order valence-electron chi connectivity index (χ1n) is 11.3. The van der Waals surface area contributed by atoms with Gasteiger partial charge in [-0.1, -0.05) is 19.3 Å². The zero-order valence-electron chi connectivity index (χ0n) is 17.6. The molecule has 4 N–H and O–H groups in total. The van der Waals surface area contributed by atoms with Gasteiger partial charge in [0.05, 0.1) is 0 Å². The molecule has 168 valence electrons. The molecule has 9 heteroatoms. The lowest BCUT2D eigenvalue weighted by Gasteiger charge is -2.37. The first-order valence-corrected chi connectivity index (χ1v) is 11.3. The van der Waals surface area contributed by atoms with Crippen LogP contribution in [0.1, 0.15) is 70.6 Å². The second-order valence-electron chi connectivity index (χ2n) is 8.55. The number of hydrogen-bond acceptors (Lipinski definition) is 5. The van der Waals surface area contributed by atoms with Crippen molar-refractivity contribution in [3.05, 3.63) is 0 Å². The van der Waals surface area contributed by atoms with Gasteiger partial charge in [0.1, 0.15) is 17.7 Å². The third kappa shape index (κ3) is 5.93. The summed E-state index contributed by atoms with van der Waals surface area (Å²) in [7, 11) is 0. The van der Waals surface area contributed by atoms with Crippen LogP contribution in [-0.2, 0) is 23.9 Å². The number of amides is 4. The SMILES string of the molecule is O=C(CCNC(=O)C1(NC(=O)C2CCCO2)CCCCC1)N[C@H]1CCCCNC1=O. The number of rotatable bonds is 7. The summed E-state index contributed by atoms with van der Waals surface area (Å²) in [6.45, 7) is 1.38. The van der Waals surface area contributed by atoms with E-state index in [1.54, 1.807) is 0 Å². The van der Waals surface area contributed by atoms with Crippen molar-refractivity contribution < 1.29 is 23.9 Å². The third-order valence-corrected chi connectivity index (χ3v) is 6.23. The predicted molar refractivity (Wildman–Crippen MR) is 109 cm³/mol. The van der Waals surface area contributed by atoms with Crippen molar-refractivity contribution in [1.29, 1.82) is 0 Å². The Morgan fingerprint density at radius 2 is 1.83 bits per heavy atom. The van der Waals surface area contributed by atoms with Crippen LogP contribution in [0.25, 0.3) is 0 Å². The number of carbonyl (C=O) groups excluding carboxylic acids is 4. The Hall–Kier alpha value is -2.16. The molecule has 0 bridgehead atoms. The lowest BCUT2D eigenvalue weighted by Crippen LogP contribution is -2.61. The van der Waals surface area contributed by atoms with Gasteiger partial charge in [-0.2, -0.15) is 0 Å². The van der Waals surface area contributed by atoms with E-state index in [9.17, 15) is 19.2 Å². The van der Waals surface area contributed by atoms with Crippen LogP contribution in [0.3, 0.4) is 0 Å². The molecule has 0 radical (unpaired) electrons. The Balaban J connectivity index is 1.48. The molecule has 0 aromatic heterocycles. The quantitative estimate of drug-likeness (QED) is 0.469. The Morgan fingerprint density at radius 3 is 2.57 bits per heavy atom. The fraction of sp³-hybridized carbons (Fsp3) is 0.810. The summed E-state index contributed by atoms with van der Waals surface area (Å²) in [4.78, 5) is 49.7. The van der Waals surface area contributed by atoms with Gasteiger partial charge in [0.25, 0.3) is 0 Å². The molecule has 3 fully saturated rings. The molecular weight excluding hydrogens is 388 g/mol. The van der Waals surface area contributed by atoms with Gasteiger partial charge < -0.3 is 26.0 Å². The van der Waals surface area contributed by atoms with Crippen LogP contribution in [-0.4, -0.2) is 61.0 Å². The molecule has 3 rings (SSSR count). The van der Waals surface area contributed by atoms with E-state index in [-0.39, 0.29) is 36.6 Å². The molecule has 0 spiro atoms. The summed E-state index contributed by atoms with van der Waals surface area (Å²) >= 11 is 0. The Bertz CT molecular complexity index is 641. The topological polar surface area (TPSA) is 126 Å². The molecule has 0 aromatic rings. The van der Waals surface area contributed by atoms with Gasteiger partial charge in [-0.3, -0.25) is 19.2 Å². The maximum Gasteiger partial charge on any atom is 0.249 e. The van der Waals surface area contributed by atoms with Gasteiger partial charge in [0.2, 0.25) is 23.6 Å². The highest BCUT2D eigenvalue weighted by Crippen LogP contribution is 2.29. The number of nitrogens with one attached hydrogen (secondary N) is 4. The molecule has 4 amide bonds. The van der Waals surface area contributed by atoms with Crippen LogP contribution < -0.4 is 21.3 Å². The van der Waals surface area contributed by atoms with E-state index in [0.29, 0.717) is 38.8 Å². The molecule has 30 heavy (non-hydrogen) atoms. The molecule has 2 saturated heterocycles. The monoisotopic (exact) mass is 422 g/mol. The molecule has 1 unspecified atom stereocenters. The molecule has 9 nitrogen and oxygen atoms in total. The molecule has 0 aromatic carbocycles. The maximum absolute atomic E-state index is 13.0. The fourth-order valence-corrected chi connectivity index (χ4v) is 4.47. The fourth-order valence-electron chi connectivity index (χ4n) is 4.47. The minimum atomic E-state index is -0.932. The molecule has 1 aliphatic carbocycles. The van der Waals surface area contributed by atoms with Crippen molar-refractivity contribution in [3.8, 4) is 0 Å². The number of hydrogen-bond donors (Lipinski definition) is 4. The van der Waals surface area contributed by atoms with Crippen LogP contribution in [0.2, 0.25) is 0 Å². The molecule has 3 aliphatic rings. The molecular formula is C21H34N4O5. The smallest absolute Gasteiger partial charge is 0.249 e. The third-order valence-electron chi connectivity index (χ3n) is 6.23. The van der Waals surface area contributed by atoms with E-state index in [1.165, 1.54) is 0 Å². The normalized spacial score (nSPS) is 26.2. The van der Waals surface area contributed by atoms with Crippen LogP contribution in [0.15, 0.2) is 0 Å². The van der Waals surface area contributed by atoms with Gasteiger partial charge in [0.15, 0.2) is 0 Å². The Morgan fingerprint density at radius 1 is 1.03 bits per heavy atom. The molecule has 1 saturated carbocycles. The highest BCUT2D eigenvalue weighted by Gasteiger charge is 2.42. The minimum absolute atomic E-state index is 0.0886. The van der Waals surface area contributed by atoms with Gasteiger partial charge >= 0.3 is 0 Å². The van der Waals surface area contributed by atoms with E-state index in [1.807, 2.05) is 0 Å². The lowest BCUT2D eigenvalue weighted by molar-refractivity contribution is -0.139. The average Bonchev–Trinajstić information content (AvgIpc) is 3.21. The second-order valence-corrected chi connectivity index (χ2v) is 8.55. The highest BCUT2D eigenvalue weighted by molar-refractivity contribution is 5.93. The summed E-state index contributed by atoms with van der Waals surface area (Å²) in [5, 5.41) is 11.3. The van der Waals surface area contributed by atoms with Gasteiger partial charge in [0, 0.05) is 26.1 Å². The van der Waals surface area contributed by atoms with Gasteiger partial charge in [-0.05, 0) is 44.9 Å². The largest absolute Gasteiger partial charge is 0.368 e. The molecule has 2 aliphatic heterocycles. The lowest BCUT2D eigenvalue weighted by atomic mass is 9.80. The van der Waals surface area contributed by atoms with Crippen LogP contribution in [0, 0.1) is 0 Å². The average molecular weight is 423 g/mol. The first-order chi connectivity index (χ1) is 14.5. The van der Waals surface area contributed by atoms with Crippen LogP contribution in [0.5, 0.6) is 0 Å². The number of carbonyl (C=O) groups is 4. The second kappa shape index (κ2) is 10.7. The number of ether oxygens (including phenoxy) is 1. The van der Waals surface area contributed by atoms with Crippen molar-refractivity contribution in [1.82, 2.24) is 21.3 Å².